The van der Waals surface area contributed by atoms with Gasteiger partial charge in [-0.2, -0.15) is 5.10 Å². The van der Waals surface area contributed by atoms with E-state index in [1.807, 2.05) is 19.1 Å². The minimum Gasteiger partial charge on any atom is -0.451 e. The van der Waals surface area contributed by atoms with Crippen LogP contribution in [0, 0.1) is 6.92 Å². The van der Waals surface area contributed by atoms with Crippen molar-refractivity contribution in [3.05, 3.63) is 45.9 Å². The lowest BCUT2D eigenvalue weighted by atomic mass is 10.3. The van der Waals surface area contributed by atoms with Gasteiger partial charge in [-0.15, -0.1) is 11.3 Å². The van der Waals surface area contributed by atoms with Crippen molar-refractivity contribution >= 4 is 45.0 Å². The number of hydrogen-bond donors (Lipinski definition) is 1. The summed E-state index contributed by atoms with van der Waals surface area (Å²) in [5, 5.41) is 8.67. The fourth-order valence-corrected chi connectivity index (χ4v) is 4.00. The van der Waals surface area contributed by atoms with Gasteiger partial charge >= 0.3 is 5.97 Å². The van der Waals surface area contributed by atoms with Crippen molar-refractivity contribution in [1.82, 2.24) is 15.1 Å². The molecule has 3 rings (SSSR count). The maximum Gasteiger partial charge on any atom is 0.348 e. The summed E-state index contributed by atoms with van der Waals surface area (Å²) in [6, 6.07) is 8.89. The zero-order valence-electron chi connectivity index (χ0n) is 15.7. The van der Waals surface area contributed by atoms with E-state index in [0.29, 0.717) is 16.5 Å². The lowest BCUT2D eigenvalue weighted by Gasteiger charge is -2.12. The highest BCUT2D eigenvalue weighted by molar-refractivity contribution is 7.20. The molecule has 7 nitrogen and oxygen atoms in total. The van der Waals surface area contributed by atoms with Crippen LogP contribution < -0.4 is 5.32 Å². The summed E-state index contributed by atoms with van der Waals surface area (Å²) in [6.45, 7) is 3.71. The third-order valence-corrected chi connectivity index (χ3v) is 5.28. The van der Waals surface area contributed by atoms with Crippen LogP contribution in [0.4, 0.5) is 0 Å². The summed E-state index contributed by atoms with van der Waals surface area (Å²) in [4.78, 5) is 25.4. The van der Waals surface area contributed by atoms with E-state index in [2.05, 4.69) is 10.4 Å². The number of aryl methyl sites for hydroxylation is 1. The van der Waals surface area contributed by atoms with Gasteiger partial charge in [-0.05, 0) is 38.1 Å². The predicted octanol–water partition coefficient (Wildman–Crippen LogP) is 3.36. The fourth-order valence-electron chi connectivity index (χ4n) is 2.74. The van der Waals surface area contributed by atoms with Crippen LogP contribution in [0.1, 0.15) is 22.3 Å². The molecule has 3 aromatic rings. The summed E-state index contributed by atoms with van der Waals surface area (Å²) in [7, 11) is 1.55. The molecule has 1 aromatic carbocycles. The Morgan fingerprint density at radius 3 is 2.86 bits per heavy atom. The minimum absolute atomic E-state index is 0.160. The van der Waals surface area contributed by atoms with Gasteiger partial charge in [-0.3, -0.25) is 4.79 Å². The first-order valence-electron chi connectivity index (χ1n) is 8.59. The second-order valence-electron chi connectivity index (χ2n) is 6.31. The van der Waals surface area contributed by atoms with Crippen molar-refractivity contribution < 1.29 is 19.1 Å². The quantitative estimate of drug-likeness (QED) is 0.591. The standard InChI is InChI=1S/C19H20ClN3O4S/c1-11(9-26-3)21-17(24)10-27-19(25)16-8-15-12(2)22-23(18(15)28-16)14-6-4-5-13(20)7-14/h4-8,11H,9-10H2,1-3H3,(H,21,24). The van der Waals surface area contributed by atoms with Crippen LogP contribution in [0.5, 0.6) is 0 Å². The molecular weight excluding hydrogens is 402 g/mol. The van der Waals surface area contributed by atoms with Crippen LogP contribution in [0.25, 0.3) is 15.9 Å². The lowest BCUT2D eigenvalue weighted by molar-refractivity contribution is -0.125. The third-order valence-electron chi connectivity index (χ3n) is 3.96. The zero-order valence-corrected chi connectivity index (χ0v) is 17.3. The maximum absolute atomic E-state index is 12.4. The van der Waals surface area contributed by atoms with Gasteiger partial charge in [0.15, 0.2) is 6.61 Å². The molecule has 0 bridgehead atoms. The summed E-state index contributed by atoms with van der Waals surface area (Å²) < 4.78 is 11.8. The summed E-state index contributed by atoms with van der Waals surface area (Å²) >= 11 is 7.34. The molecule has 0 fully saturated rings. The Morgan fingerprint density at radius 1 is 1.36 bits per heavy atom. The average molecular weight is 422 g/mol. The molecule has 9 heteroatoms. The number of rotatable bonds is 7. The molecule has 2 heterocycles. The summed E-state index contributed by atoms with van der Waals surface area (Å²) in [5.74, 6) is -0.923. The van der Waals surface area contributed by atoms with Crippen molar-refractivity contribution in [3.63, 3.8) is 0 Å². The number of thiophene rings is 1. The average Bonchev–Trinajstić information content (AvgIpc) is 3.21. The number of esters is 1. The van der Waals surface area contributed by atoms with E-state index in [1.54, 1.807) is 36.9 Å². The molecule has 0 saturated carbocycles. The highest BCUT2D eigenvalue weighted by Gasteiger charge is 2.19. The molecule has 0 aliphatic carbocycles. The highest BCUT2D eigenvalue weighted by atomic mass is 35.5. The molecule has 1 N–H and O–H groups in total. The number of nitrogens with zero attached hydrogens (tertiary/aromatic N) is 2. The van der Waals surface area contributed by atoms with E-state index >= 15 is 0 Å². The molecule has 1 amide bonds. The Bertz CT molecular complexity index is 1010. The molecular formula is C19H20ClN3O4S. The van der Waals surface area contributed by atoms with Gasteiger partial charge in [0.05, 0.1) is 18.0 Å². The Labute approximate surface area is 171 Å². The van der Waals surface area contributed by atoms with E-state index in [9.17, 15) is 9.59 Å². The van der Waals surface area contributed by atoms with E-state index in [0.717, 1.165) is 21.6 Å². The van der Waals surface area contributed by atoms with Gasteiger partial charge in [0.25, 0.3) is 5.91 Å². The predicted molar refractivity (Wildman–Crippen MR) is 108 cm³/mol. The number of methoxy groups -OCH3 is 1. The Kier molecular flexibility index (Phi) is 6.33. The number of aromatic nitrogens is 2. The van der Waals surface area contributed by atoms with Crippen LogP contribution in [-0.4, -0.2) is 48.0 Å². The van der Waals surface area contributed by atoms with E-state index in [-0.39, 0.29) is 18.6 Å². The van der Waals surface area contributed by atoms with Gasteiger partial charge in [0, 0.05) is 23.6 Å². The highest BCUT2D eigenvalue weighted by Crippen LogP contribution is 2.31. The Morgan fingerprint density at radius 2 is 2.14 bits per heavy atom. The van der Waals surface area contributed by atoms with Crippen LogP contribution in [0.2, 0.25) is 5.02 Å². The van der Waals surface area contributed by atoms with Gasteiger partial charge in [-0.1, -0.05) is 17.7 Å². The number of amides is 1. The van der Waals surface area contributed by atoms with Crippen molar-refractivity contribution in [3.8, 4) is 5.69 Å². The van der Waals surface area contributed by atoms with Gasteiger partial charge < -0.3 is 14.8 Å². The topological polar surface area (TPSA) is 82.4 Å². The number of ether oxygens (including phenoxy) is 2. The Hall–Kier alpha value is -2.42. The van der Waals surface area contributed by atoms with E-state index in [1.165, 1.54) is 11.3 Å². The number of benzene rings is 1. The first kappa shape index (κ1) is 20.3. The Balaban J connectivity index is 1.75. The van der Waals surface area contributed by atoms with Crippen molar-refractivity contribution in [2.75, 3.05) is 20.3 Å². The molecule has 0 saturated heterocycles. The molecule has 1 unspecified atom stereocenters. The molecule has 0 radical (unpaired) electrons. The van der Waals surface area contributed by atoms with Gasteiger partial charge in [-0.25, -0.2) is 9.48 Å². The van der Waals surface area contributed by atoms with Crippen LogP contribution >= 0.6 is 22.9 Å². The SMILES string of the molecule is COCC(C)NC(=O)COC(=O)c1cc2c(C)nn(-c3cccc(Cl)c3)c2s1. The second kappa shape index (κ2) is 8.72. The molecule has 0 aliphatic rings. The first-order valence-corrected chi connectivity index (χ1v) is 9.79. The van der Waals surface area contributed by atoms with E-state index < -0.39 is 5.97 Å². The monoisotopic (exact) mass is 421 g/mol. The molecule has 0 spiro atoms. The molecule has 2 aromatic heterocycles. The smallest absolute Gasteiger partial charge is 0.348 e. The molecule has 0 aliphatic heterocycles. The number of hydrogen-bond acceptors (Lipinski definition) is 6. The normalized spacial score (nSPS) is 12.1. The zero-order chi connectivity index (χ0) is 20.3. The lowest BCUT2D eigenvalue weighted by Crippen LogP contribution is -2.38. The number of carbonyl (C=O) groups excluding carboxylic acids is 2. The number of nitrogens with one attached hydrogen (secondary N) is 1. The second-order valence-corrected chi connectivity index (χ2v) is 7.77. The molecule has 28 heavy (non-hydrogen) atoms. The number of fused-ring (bicyclic) bond motifs is 1. The van der Waals surface area contributed by atoms with Crippen LogP contribution in [-0.2, 0) is 14.3 Å². The van der Waals surface area contributed by atoms with Crippen molar-refractivity contribution in [2.24, 2.45) is 0 Å². The van der Waals surface area contributed by atoms with E-state index in [4.69, 9.17) is 21.1 Å². The van der Waals surface area contributed by atoms with Gasteiger partial charge in [0.2, 0.25) is 0 Å². The fraction of sp³-hybridized carbons (Fsp3) is 0.316. The summed E-state index contributed by atoms with van der Waals surface area (Å²) in [6.07, 6.45) is 0. The van der Waals surface area contributed by atoms with Gasteiger partial charge in [0.1, 0.15) is 9.71 Å². The third kappa shape index (κ3) is 4.52. The number of carbonyl (C=O) groups is 2. The number of halogens is 1. The minimum atomic E-state index is -0.548. The first-order chi connectivity index (χ1) is 13.4. The van der Waals surface area contributed by atoms with Crippen molar-refractivity contribution in [1.29, 1.82) is 0 Å². The van der Waals surface area contributed by atoms with Crippen molar-refractivity contribution in [2.45, 2.75) is 19.9 Å². The molecule has 148 valence electrons. The van der Waals surface area contributed by atoms with Crippen LogP contribution in [0.15, 0.2) is 30.3 Å². The maximum atomic E-state index is 12.4. The molecule has 1 atom stereocenters. The largest absolute Gasteiger partial charge is 0.451 e. The summed E-state index contributed by atoms with van der Waals surface area (Å²) in [5.41, 5.74) is 1.59. The van der Waals surface area contributed by atoms with Crippen LogP contribution in [0.3, 0.4) is 0 Å².